The van der Waals surface area contributed by atoms with Gasteiger partial charge in [0.15, 0.2) is 0 Å². The summed E-state index contributed by atoms with van der Waals surface area (Å²) in [5, 5.41) is 11.6. The first-order valence-corrected chi connectivity index (χ1v) is 7.09. The molecule has 110 valence electrons. The Hall–Kier alpha value is -1.56. The van der Waals surface area contributed by atoms with Crippen LogP contribution in [0.4, 0.5) is 4.39 Å². The zero-order valence-corrected chi connectivity index (χ0v) is 12.5. The summed E-state index contributed by atoms with van der Waals surface area (Å²) in [5.41, 5.74) is -0.567. The predicted octanol–water partition coefficient (Wildman–Crippen LogP) is 2.53. The number of carboxylic acid groups (broad SMARTS) is 1. The number of carbonyl (C=O) groups is 2. The molecule has 1 amide bonds. The Kier molecular flexibility index (Phi) is 5.56. The molecule has 0 bridgehead atoms. The lowest BCUT2D eigenvalue weighted by molar-refractivity contribution is -0.144. The van der Waals surface area contributed by atoms with Crippen molar-refractivity contribution in [3.8, 4) is 0 Å². The average Bonchev–Trinajstić information content (AvgIpc) is 2.33. The summed E-state index contributed by atoms with van der Waals surface area (Å²) < 4.78 is 12.7. The fraction of sp³-hybridized carbons (Fsp3) is 0.429. The number of halogens is 1. The van der Waals surface area contributed by atoms with E-state index in [1.807, 2.05) is 0 Å². The maximum atomic E-state index is 12.7. The van der Waals surface area contributed by atoms with Gasteiger partial charge in [-0.1, -0.05) is 20.8 Å². The van der Waals surface area contributed by atoms with Gasteiger partial charge in [-0.2, -0.15) is 0 Å². The molecule has 1 aromatic rings. The molecule has 0 aliphatic heterocycles. The molecule has 0 aromatic heterocycles. The van der Waals surface area contributed by atoms with Crippen molar-refractivity contribution in [2.45, 2.75) is 31.7 Å². The van der Waals surface area contributed by atoms with Crippen LogP contribution in [0.5, 0.6) is 0 Å². The summed E-state index contributed by atoms with van der Waals surface area (Å²) in [6.07, 6.45) is 0. The minimum absolute atomic E-state index is 0.0888. The average molecular weight is 299 g/mol. The monoisotopic (exact) mass is 299 g/mol. The van der Waals surface area contributed by atoms with E-state index < -0.39 is 17.4 Å². The van der Waals surface area contributed by atoms with E-state index in [1.165, 1.54) is 23.9 Å². The molecule has 0 radical (unpaired) electrons. The molecule has 1 aromatic carbocycles. The van der Waals surface area contributed by atoms with Gasteiger partial charge in [-0.25, -0.2) is 9.18 Å². The van der Waals surface area contributed by atoms with E-state index in [1.54, 1.807) is 32.9 Å². The van der Waals surface area contributed by atoms with Gasteiger partial charge >= 0.3 is 5.97 Å². The SMILES string of the molecule is CC(C)(C)[C@@H](NC(=O)CSc1ccc(F)cc1)C(=O)O. The van der Waals surface area contributed by atoms with Crippen molar-refractivity contribution >= 4 is 23.6 Å². The van der Waals surface area contributed by atoms with E-state index >= 15 is 0 Å². The highest BCUT2D eigenvalue weighted by atomic mass is 32.2. The van der Waals surface area contributed by atoms with Crippen LogP contribution in [-0.2, 0) is 9.59 Å². The molecule has 0 unspecified atom stereocenters. The summed E-state index contributed by atoms with van der Waals surface area (Å²) in [7, 11) is 0. The Morgan fingerprint density at radius 3 is 2.30 bits per heavy atom. The minimum Gasteiger partial charge on any atom is -0.480 e. The van der Waals surface area contributed by atoms with Gasteiger partial charge in [-0.3, -0.25) is 4.79 Å². The maximum Gasteiger partial charge on any atom is 0.326 e. The van der Waals surface area contributed by atoms with Crippen LogP contribution in [0.2, 0.25) is 0 Å². The van der Waals surface area contributed by atoms with E-state index in [4.69, 9.17) is 5.11 Å². The highest BCUT2D eigenvalue weighted by Crippen LogP contribution is 2.21. The number of amides is 1. The topological polar surface area (TPSA) is 66.4 Å². The number of nitrogens with one attached hydrogen (secondary N) is 1. The van der Waals surface area contributed by atoms with Gasteiger partial charge in [-0.05, 0) is 29.7 Å². The van der Waals surface area contributed by atoms with Crippen LogP contribution in [0.3, 0.4) is 0 Å². The van der Waals surface area contributed by atoms with Crippen molar-refractivity contribution in [2.24, 2.45) is 5.41 Å². The molecule has 0 spiro atoms. The maximum absolute atomic E-state index is 12.7. The van der Waals surface area contributed by atoms with Gasteiger partial charge in [-0.15, -0.1) is 11.8 Å². The largest absolute Gasteiger partial charge is 0.480 e. The summed E-state index contributed by atoms with van der Waals surface area (Å²) in [6.45, 7) is 5.25. The van der Waals surface area contributed by atoms with Crippen molar-refractivity contribution in [2.75, 3.05) is 5.75 Å². The first kappa shape index (κ1) is 16.5. The van der Waals surface area contributed by atoms with Gasteiger partial charge < -0.3 is 10.4 Å². The number of hydrogen-bond acceptors (Lipinski definition) is 3. The van der Waals surface area contributed by atoms with Crippen LogP contribution in [-0.4, -0.2) is 28.8 Å². The Morgan fingerprint density at radius 2 is 1.85 bits per heavy atom. The van der Waals surface area contributed by atoms with Crippen LogP contribution < -0.4 is 5.32 Å². The second-order valence-corrected chi connectivity index (χ2v) is 6.50. The zero-order valence-electron chi connectivity index (χ0n) is 11.6. The minimum atomic E-state index is -1.06. The number of hydrogen-bond donors (Lipinski definition) is 2. The molecule has 0 saturated heterocycles. The van der Waals surface area contributed by atoms with Crippen molar-refractivity contribution in [1.29, 1.82) is 0 Å². The number of carbonyl (C=O) groups excluding carboxylic acids is 1. The van der Waals surface area contributed by atoms with E-state index in [0.717, 1.165) is 4.90 Å². The first-order valence-electron chi connectivity index (χ1n) is 6.10. The fourth-order valence-corrected chi connectivity index (χ4v) is 2.24. The van der Waals surface area contributed by atoms with Gasteiger partial charge in [0.25, 0.3) is 0 Å². The van der Waals surface area contributed by atoms with Crippen molar-refractivity contribution in [1.82, 2.24) is 5.32 Å². The lowest BCUT2D eigenvalue weighted by atomic mass is 9.87. The lowest BCUT2D eigenvalue weighted by Crippen LogP contribution is -2.49. The van der Waals surface area contributed by atoms with Gasteiger partial charge in [0.05, 0.1) is 5.75 Å². The first-order chi connectivity index (χ1) is 9.20. The molecule has 0 heterocycles. The van der Waals surface area contributed by atoms with Crippen LogP contribution in [0.25, 0.3) is 0 Å². The predicted molar refractivity (Wildman–Crippen MR) is 76.1 cm³/mol. The molecule has 1 rings (SSSR count). The highest BCUT2D eigenvalue weighted by molar-refractivity contribution is 8.00. The molecule has 6 heteroatoms. The number of benzene rings is 1. The second kappa shape index (κ2) is 6.74. The molecule has 4 nitrogen and oxygen atoms in total. The molecule has 20 heavy (non-hydrogen) atoms. The van der Waals surface area contributed by atoms with Gasteiger partial charge in [0.2, 0.25) is 5.91 Å². The smallest absolute Gasteiger partial charge is 0.326 e. The number of carboxylic acids is 1. The van der Waals surface area contributed by atoms with Gasteiger partial charge in [0.1, 0.15) is 11.9 Å². The quantitative estimate of drug-likeness (QED) is 0.820. The fourth-order valence-electron chi connectivity index (χ4n) is 1.53. The molecular formula is C14H18FNO3S. The third-order valence-corrected chi connectivity index (χ3v) is 3.61. The molecule has 1 atom stereocenters. The highest BCUT2D eigenvalue weighted by Gasteiger charge is 2.32. The van der Waals surface area contributed by atoms with Crippen LogP contribution >= 0.6 is 11.8 Å². The summed E-state index contributed by atoms with van der Waals surface area (Å²) in [6, 6.07) is 4.84. The second-order valence-electron chi connectivity index (χ2n) is 5.45. The van der Waals surface area contributed by atoms with Crippen LogP contribution in [0, 0.1) is 11.2 Å². The Morgan fingerprint density at radius 1 is 1.30 bits per heavy atom. The van der Waals surface area contributed by atoms with Crippen LogP contribution in [0.1, 0.15) is 20.8 Å². The molecule has 0 aliphatic carbocycles. The third kappa shape index (κ3) is 5.21. The van der Waals surface area contributed by atoms with Crippen molar-refractivity contribution in [3.05, 3.63) is 30.1 Å². The number of aliphatic carboxylic acids is 1. The summed E-state index contributed by atoms with van der Waals surface area (Å²) >= 11 is 1.23. The standard InChI is InChI=1S/C14H18FNO3S/c1-14(2,3)12(13(18)19)16-11(17)8-20-10-6-4-9(15)5-7-10/h4-7,12H,8H2,1-3H3,(H,16,17)(H,18,19)/t12-/m0/s1. The summed E-state index contributed by atoms with van der Waals surface area (Å²) in [4.78, 5) is 23.7. The van der Waals surface area contributed by atoms with Crippen molar-refractivity contribution < 1.29 is 19.1 Å². The normalized spacial score (nSPS) is 12.8. The molecular weight excluding hydrogens is 281 g/mol. The lowest BCUT2D eigenvalue weighted by Gasteiger charge is -2.27. The van der Waals surface area contributed by atoms with Crippen molar-refractivity contribution in [3.63, 3.8) is 0 Å². The molecule has 0 aliphatic rings. The molecule has 0 saturated carbocycles. The molecule has 0 fully saturated rings. The summed E-state index contributed by atoms with van der Waals surface area (Å²) in [5.74, 6) is -1.66. The number of rotatable bonds is 5. The Balaban J connectivity index is 2.54. The van der Waals surface area contributed by atoms with E-state index in [-0.39, 0.29) is 17.5 Å². The van der Waals surface area contributed by atoms with Gasteiger partial charge in [0, 0.05) is 4.90 Å². The zero-order chi connectivity index (χ0) is 15.3. The molecule has 2 N–H and O–H groups in total. The number of thioether (sulfide) groups is 1. The Bertz CT molecular complexity index is 482. The van der Waals surface area contributed by atoms with E-state index in [9.17, 15) is 14.0 Å². The van der Waals surface area contributed by atoms with E-state index in [0.29, 0.717) is 0 Å². The Labute approximate surface area is 121 Å². The van der Waals surface area contributed by atoms with Crippen LogP contribution in [0.15, 0.2) is 29.2 Å². The third-order valence-electron chi connectivity index (χ3n) is 2.60. The van der Waals surface area contributed by atoms with E-state index in [2.05, 4.69) is 5.32 Å².